The van der Waals surface area contributed by atoms with Gasteiger partial charge in [0, 0.05) is 27.0 Å². The minimum Gasteiger partial charge on any atom is -0.341 e. The summed E-state index contributed by atoms with van der Waals surface area (Å²) in [6.45, 7) is 0.710. The molecule has 0 aromatic heterocycles. The van der Waals surface area contributed by atoms with Crippen LogP contribution in [0.5, 0.6) is 0 Å². The van der Waals surface area contributed by atoms with Crippen LogP contribution in [-0.2, 0) is 0 Å². The lowest BCUT2D eigenvalue weighted by Crippen LogP contribution is -2.29. The van der Waals surface area contributed by atoms with E-state index in [1.54, 1.807) is 11.9 Å². The summed E-state index contributed by atoms with van der Waals surface area (Å²) in [4.78, 5) is 13.7. The summed E-state index contributed by atoms with van der Waals surface area (Å²) < 4.78 is 1.90. The molecule has 0 spiro atoms. The van der Waals surface area contributed by atoms with E-state index in [2.05, 4.69) is 54.5 Å². The minimum absolute atomic E-state index is 0.0557. The van der Waals surface area contributed by atoms with Gasteiger partial charge in [-0.25, -0.2) is 0 Å². The van der Waals surface area contributed by atoms with Crippen molar-refractivity contribution in [3.05, 3.63) is 31.8 Å². The average Bonchev–Trinajstić information content (AvgIpc) is 2.21. The third-order valence-electron chi connectivity index (χ3n) is 1.93. The van der Waals surface area contributed by atoms with E-state index in [-0.39, 0.29) is 5.91 Å². The van der Waals surface area contributed by atoms with Crippen LogP contribution < -0.4 is 0 Å². The van der Waals surface area contributed by atoms with Gasteiger partial charge in [0.25, 0.3) is 5.91 Å². The summed E-state index contributed by atoms with van der Waals surface area (Å²) >= 11 is 8.86. The molecule has 5 heteroatoms. The van der Waals surface area contributed by atoms with E-state index in [0.717, 1.165) is 18.9 Å². The molecular weight excluding hydrogens is 437 g/mol. The summed E-state index contributed by atoms with van der Waals surface area (Å²) in [7, 11) is 1.81. The SMILES string of the molecule is CN(CCBr)C(=O)c1cc(Br)ccc1I. The smallest absolute Gasteiger partial charge is 0.254 e. The van der Waals surface area contributed by atoms with Crippen molar-refractivity contribution in [1.82, 2.24) is 4.90 Å². The maximum atomic E-state index is 12.0. The van der Waals surface area contributed by atoms with E-state index in [9.17, 15) is 4.79 Å². The molecule has 0 N–H and O–H groups in total. The minimum atomic E-state index is 0.0557. The van der Waals surface area contributed by atoms with Crippen molar-refractivity contribution in [3.8, 4) is 0 Å². The van der Waals surface area contributed by atoms with Gasteiger partial charge >= 0.3 is 0 Å². The third-order valence-corrected chi connectivity index (χ3v) is 3.71. The van der Waals surface area contributed by atoms with Crippen molar-refractivity contribution in [3.63, 3.8) is 0 Å². The molecule has 82 valence electrons. The quantitative estimate of drug-likeness (QED) is 0.514. The summed E-state index contributed by atoms with van der Waals surface area (Å²) in [5.41, 5.74) is 0.744. The van der Waals surface area contributed by atoms with Crippen LogP contribution in [0.15, 0.2) is 22.7 Å². The summed E-state index contributed by atoms with van der Waals surface area (Å²) in [5, 5.41) is 0.791. The molecule has 0 aliphatic heterocycles. The van der Waals surface area contributed by atoms with Crippen LogP contribution in [0.4, 0.5) is 0 Å². The maximum absolute atomic E-state index is 12.0. The molecule has 1 aromatic rings. The average molecular weight is 447 g/mol. The maximum Gasteiger partial charge on any atom is 0.254 e. The first-order chi connectivity index (χ1) is 7.06. The predicted octanol–water partition coefficient (Wildman–Crippen LogP) is 3.52. The van der Waals surface area contributed by atoms with Gasteiger partial charge < -0.3 is 4.90 Å². The molecule has 0 radical (unpaired) electrons. The first-order valence-corrected chi connectivity index (χ1v) is 7.32. The number of halogens is 3. The Bertz CT molecular complexity index is 370. The number of carbonyl (C=O) groups excluding carboxylic acids is 1. The fraction of sp³-hybridized carbons (Fsp3) is 0.300. The highest BCUT2D eigenvalue weighted by molar-refractivity contribution is 14.1. The highest BCUT2D eigenvalue weighted by Gasteiger charge is 2.14. The van der Waals surface area contributed by atoms with Gasteiger partial charge in [-0.1, -0.05) is 31.9 Å². The van der Waals surface area contributed by atoms with Crippen LogP contribution in [-0.4, -0.2) is 29.7 Å². The molecule has 0 atom stereocenters. The number of benzene rings is 1. The van der Waals surface area contributed by atoms with Crippen LogP contribution in [0.25, 0.3) is 0 Å². The molecular formula is C10H10Br2INO. The first kappa shape index (κ1) is 13.4. The largest absolute Gasteiger partial charge is 0.341 e. The number of amides is 1. The Morgan fingerprint density at radius 3 is 2.80 bits per heavy atom. The molecule has 0 saturated carbocycles. The molecule has 0 fully saturated rings. The van der Waals surface area contributed by atoms with E-state index < -0.39 is 0 Å². The second kappa shape index (κ2) is 6.20. The molecule has 0 saturated heterocycles. The van der Waals surface area contributed by atoms with E-state index in [1.807, 2.05) is 18.2 Å². The van der Waals surface area contributed by atoms with Gasteiger partial charge in [-0.05, 0) is 40.8 Å². The second-order valence-corrected chi connectivity index (χ2v) is 5.91. The van der Waals surface area contributed by atoms with Crippen molar-refractivity contribution in [1.29, 1.82) is 0 Å². The third kappa shape index (κ3) is 3.71. The Morgan fingerprint density at radius 2 is 2.20 bits per heavy atom. The molecule has 0 unspecified atom stereocenters. The number of rotatable bonds is 3. The number of hydrogen-bond donors (Lipinski definition) is 0. The van der Waals surface area contributed by atoms with E-state index >= 15 is 0 Å². The van der Waals surface area contributed by atoms with E-state index in [1.165, 1.54) is 0 Å². The first-order valence-electron chi connectivity index (χ1n) is 4.32. The Labute approximate surface area is 120 Å². The molecule has 15 heavy (non-hydrogen) atoms. The number of alkyl halides is 1. The Hall–Kier alpha value is 0.380. The van der Waals surface area contributed by atoms with E-state index in [0.29, 0.717) is 6.54 Å². The van der Waals surface area contributed by atoms with Gasteiger partial charge in [0.2, 0.25) is 0 Å². The lowest BCUT2D eigenvalue weighted by atomic mass is 10.2. The van der Waals surface area contributed by atoms with E-state index in [4.69, 9.17) is 0 Å². The molecule has 1 aromatic carbocycles. The Kier molecular flexibility index (Phi) is 5.56. The number of nitrogens with zero attached hydrogens (tertiary/aromatic N) is 1. The fourth-order valence-corrected chi connectivity index (χ4v) is 2.55. The van der Waals surface area contributed by atoms with Crippen LogP contribution in [0.1, 0.15) is 10.4 Å². The summed E-state index contributed by atoms with van der Waals surface area (Å²) in [5.74, 6) is 0.0557. The van der Waals surface area contributed by atoms with Gasteiger partial charge in [0.15, 0.2) is 0 Å². The lowest BCUT2D eigenvalue weighted by Gasteiger charge is -2.16. The topological polar surface area (TPSA) is 20.3 Å². The highest BCUT2D eigenvalue weighted by Crippen LogP contribution is 2.19. The standard InChI is InChI=1S/C10H10Br2INO/c1-14(5-4-11)10(15)8-6-7(12)2-3-9(8)13/h2-3,6H,4-5H2,1H3. The Morgan fingerprint density at radius 1 is 1.53 bits per heavy atom. The normalized spacial score (nSPS) is 10.1. The zero-order chi connectivity index (χ0) is 11.4. The van der Waals surface area contributed by atoms with Gasteiger partial charge in [-0.3, -0.25) is 4.79 Å². The van der Waals surface area contributed by atoms with Gasteiger partial charge in [-0.15, -0.1) is 0 Å². The predicted molar refractivity (Wildman–Crippen MR) is 77.6 cm³/mol. The monoisotopic (exact) mass is 445 g/mol. The van der Waals surface area contributed by atoms with Gasteiger partial charge in [0.1, 0.15) is 0 Å². The second-order valence-electron chi connectivity index (χ2n) is 3.04. The molecule has 0 aliphatic carbocycles. The van der Waals surface area contributed by atoms with Crippen LogP contribution in [0, 0.1) is 3.57 Å². The molecule has 0 bridgehead atoms. The number of carbonyl (C=O) groups is 1. The Balaban J connectivity index is 2.95. The molecule has 1 rings (SSSR count). The van der Waals surface area contributed by atoms with Crippen molar-refractivity contribution in [2.45, 2.75) is 0 Å². The van der Waals surface area contributed by atoms with Crippen molar-refractivity contribution in [2.24, 2.45) is 0 Å². The van der Waals surface area contributed by atoms with Crippen molar-refractivity contribution < 1.29 is 4.79 Å². The molecule has 2 nitrogen and oxygen atoms in total. The molecule has 0 aliphatic rings. The van der Waals surface area contributed by atoms with Crippen LogP contribution in [0.2, 0.25) is 0 Å². The van der Waals surface area contributed by atoms with Gasteiger partial charge in [0.05, 0.1) is 5.56 Å². The summed E-state index contributed by atoms with van der Waals surface area (Å²) in [6.07, 6.45) is 0. The molecule has 0 heterocycles. The zero-order valence-electron chi connectivity index (χ0n) is 8.14. The zero-order valence-corrected chi connectivity index (χ0v) is 13.5. The van der Waals surface area contributed by atoms with Crippen molar-refractivity contribution in [2.75, 3.05) is 18.9 Å². The highest BCUT2D eigenvalue weighted by atomic mass is 127. The lowest BCUT2D eigenvalue weighted by molar-refractivity contribution is 0.0803. The number of hydrogen-bond acceptors (Lipinski definition) is 1. The summed E-state index contributed by atoms with van der Waals surface area (Å²) in [6, 6.07) is 5.72. The molecule has 1 amide bonds. The fourth-order valence-electron chi connectivity index (χ4n) is 1.10. The van der Waals surface area contributed by atoms with Crippen LogP contribution >= 0.6 is 54.5 Å². The van der Waals surface area contributed by atoms with Crippen LogP contribution in [0.3, 0.4) is 0 Å². The van der Waals surface area contributed by atoms with Gasteiger partial charge in [-0.2, -0.15) is 0 Å². The van der Waals surface area contributed by atoms with Crippen molar-refractivity contribution >= 4 is 60.4 Å².